The Hall–Kier alpha value is -1.51. The van der Waals surface area contributed by atoms with Gasteiger partial charge in [0.05, 0.1) is 4.92 Å². The monoisotopic (exact) mass is 341 g/mol. The predicted molar refractivity (Wildman–Crippen MR) is 87.7 cm³/mol. The maximum Gasteiger partial charge on any atom is 0.289 e. The number of hydrogen-bond acceptors (Lipinski definition) is 5. The van der Waals surface area contributed by atoms with Crippen LogP contribution < -0.4 is 5.73 Å². The minimum atomic E-state index is -3.89. The van der Waals surface area contributed by atoms with Gasteiger partial charge in [-0.15, -0.1) is 0 Å². The number of nitrogens with zero attached hydrogens (tertiary/aromatic N) is 2. The smallest absolute Gasteiger partial charge is 0.289 e. The second kappa shape index (κ2) is 6.54. The molecule has 2 N–H and O–H groups in total. The van der Waals surface area contributed by atoms with Gasteiger partial charge in [-0.1, -0.05) is 6.07 Å². The van der Waals surface area contributed by atoms with Crippen molar-refractivity contribution < 1.29 is 13.3 Å². The quantitative estimate of drug-likeness (QED) is 0.665. The molecule has 1 aromatic rings. The Morgan fingerprint density at radius 1 is 1.30 bits per heavy atom. The summed E-state index contributed by atoms with van der Waals surface area (Å²) in [6.45, 7) is 5.98. The van der Waals surface area contributed by atoms with Gasteiger partial charge in [0, 0.05) is 25.2 Å². The molecule has 0 radical (unpaired) electrons. The fourth-order valence-electron chi connectivity index (χ4n) is 3.02. The summed E-state index contributed by atoms with van der Waals surface area (Å²) in [6.07, 6.45) is 1.35. The van der Waals surface area contributed by atoms with E-state index in [1.165, 1.54) is 10.4 Å². The van der Waals surface area contributed by atoms with Gasteiger partial charge in [0.2, 0.25) is 10.0 Å². The Bertz CT molecular complexity index is 708. The fourth-order valence-corrected chi connectivity index (χ4v) is 4.92. The summed E-state index contributed by atoms with van der Waals surface area (Å²) in [4.78, 5) is 10.5. The number of nitro benzene ring substituents is 1. The first-order chi connectivity index (χ1) is 10.7. The van der Waals surface area contributed by atoms with Crippen molar-refractivity contribution in [3.05, 3.63) is 33.4 Å². The van der Waals surface area contributed by atoms with E-state index in [1.54, 1.807) is 19.9 Å². The predicted octanol–water partition coefficient (Wildman–Crippen LogP) is 1.96. The van der Waals surface area contributed by atoms with Crippen LogP contribution in [0, 0.1) is 29.9 Å². The normalized spacial score (nSPS) is 18.8. The number of piperidine rings is 1. The second-order valence-corrected chi connectivity index (χ2v) is 8.09. The van der Waals surface area contributed by atoms with Crippen LogP contribution in [0.1, 0.15) is 30.9 Å². The molecule has 0 aromatic heterocycles. The van der Waals surface area contributed by atoms with E-state index in [0.29, 0.717) is 31.5 Å². The van der Waals surface area contributed by atoms with Crippen molar-refractivity contribution in [2.75, 3.05) is 13.1 Å². The molecule has 7 nitrogen and oxygen atoms in total. The van der Waals surface area contributed by atoms with Crippen molar-refractivity contribution >= 4 is 15.7 Å². The highest BCUT2D eigenvalue weighted by molar-refractivity contribution is 7.89. The van der Waals surface area contributed by atoms with Gasteiger partial charge in [0.1, 0.15) is 0 Å². The number of nitro groups is 1. The van der Waals surface area contributed by atoms with Gasteiger partial charge in [-0.3, -0.25) is 10.1 Å². The number of sulfonamides is 1. The average Bonchev–Trinajstić information content (AvgIpc) is 2.49. The topological polar surface area (TPSA) is 107 Å². The van der Waals surface area contributed by atoms with Crippen molar-refractivity contribution in [1.29, 1.82) is 0 Å². The van der Waals surface area contributed by atoms with Crippen LogP contribution >= 0.6 is 0 Å². The summed E-state index contributed by atoms with van der Waals surface area (Å²) in [5.74, 6) is 0.287. The van der Waals surface area contributed by atoms with Gasteiger partial charge in [0.15, 0.2) is 4.90 Å². The van der Waals surface area contributed by atoms with Crippen LogP contribution in [0.2, 0.25) is 0 Å². The number of rotatable bonds is 4. The third kappa shape index (κ3) is 3.39. The number of aryl methyl sites for hydroxylation is 1. The molecule has 1 aliphatic heterocycles. The van der Waals surface area contributed by atoms with Crippen molar-refractivity contribution in [2.45, 2.75) is 44.6 Å². The summed E-state index contributed by atoms with van der Waals surface area (Å²) in [6, 6.07) is 2.87. The summed E-state index contributed by atoms with van der Waals surface area (Å²) >= 11 is 0. The number of hydrogen-bond donors (Lipinski definition) is 1. The minimum Gasteiger partial charge on any atom is -0.328 e. The molecule has 1 saturated heterocycles. The molecule has 2 rings (SSSR count). The van der Waals surface area contributed by atoms with Crippen molar-refractivity contribution in [2.24, 2.45) is 11.7 Å². The number of benzene rings is 1. The lowest BCUT2D eigenvalue weighted by Crippen LogP contribution is -2.42. The van der Waals surface area contributed by atoms with Gasteiger partial charge in [-0.25, -0.2) is 8.42 Å². The van der Waals surface area contributed by atoms with Gasteiger partial charge in [-0.2, -0.15) is 4.31 Å². The molecule has 1 heterocycles. The summed E-state index contributed by atoms with van der Waals surface area (Å²) in [7, 11) is -3.89. The first-order valence-electron chi connectivity index (χ1n) is 7.66. The molecule has 1 aromatic carbocycles. The lowest BCUT2D eigenvalue weighted by atomic mass is 9.92. The molecular weight excluding hydrogens is 318 g/mol. The molecule has 1 fully saturated rings. The Labute approximate surface area is 136 Å². The third-order valence-corrected chi connectivity index (χ3v) is 6.77. The van der Waals surface area contributed by atoms with E-state index >= 15 is 0 Å². The third-order valence-electron chi connectivity index (χ3n) is 4.69. The van der Waals surface area contributed by atoms with E-state index in [2.05, 4.69) is 0 Å². The zero-order valence-electron chi connectivity index (χ0n) is 13.7. The largest absolute Gasteiger partial charge is 0.328 e. The minimum absolute atomic E-state index is 0.0231. The van der Waals surface area contributed by atoms with Crippen molar-refractivity contribution in [1.82, 2.24) is 4.31 Å². The van der Waals surface area contributed by atoms with Crippen LogP contribution in [-0.4, -0.2) is 36.8 Å². The molecule has 8 heteroatoms. The molecule has 0 aliphatic carbocycles. The second-order valence-electron chi connectivity index (χ2n) is 6.21. The van der Waals surface area contributed by atoms with E-state index in [9.17, 15) is 18.5 Å². The van der Waals surface area contributed by atoms with Gasteiger partial charge in [-0.05, 0) is 50.7 Å². The summed E-state index contributed by atoms with van der Waals surface area (Å²) in [5, 5.41) is 11.3. The molecule has 1 aliphatic rings. The lowest BCUT2D eigenvalue weighted by molar-refractivity contribution is -0.388. The molecule has 0 bridgehead atoms. The first kappa shape index (κ1) is 17.8. The highest BCUT2D eigenvalue weighted by Gasteiger charge is 2.36. The Morgan fingerprint density at radius 2 is 1.87 bits per heavy atom. The van der Waals surface area contributed by atoms with Crippen LogP contribution in [0.4, 0.5) is 5.69 Å². The molecule has 1 atom stereocenters. The molecule has 0 spiro atoms. The summed E-state index contributed by atoms with van der Waals surface area (Å²) < 4.78 is 27.3. The van der Waals surface area contributed by atoms with Crippen molar-refractivity contribution in [3.63, 3.8) is 0 Å². The fraction of sp³-hybridized carbons (Fsp3) is 0.600. The molecule has 0 amide bonds. The Kier molecular flexibility index (Phi) is 5.07. The molecule has 23 heavy (non-hydrogen) atoms. The lowest BCUT2D eigenvalue weighted by Gasteiger charge is -2.33. The van der Waals surface area contributed by atoms with E-state index in [0.717, 1.165) is 5.56 Å². The maximum absolute atomic E-state index is 13.0. The van der Waals surface area contributed by atoms with Gasteiger partial charge in [0.25, 0.3) is 5.69 Å². The van der Waals surface area contributed by atoms with Crippen molar-refractivity contribution in [3.8, 4) is 0 Å². The molecule has 1 unspecified atom stereocenters. The van der Waals surface area contributed by atoms with Gasteiger partial charge < -0.3 is 5.73 Å². The average molecular weight is 341 g/mol. The van der Waals surface area contributed by atoms with E-state index in [-0.39, 0.29) is 22.5 Å². The van der Waals surface area contributed by atoms with Crippen LogP contribution in [0.15, 0.2) is 17.0 Å². The van der Waals surface area contributed by atoms with E-state index in [1.807, 2.05) is 6.92 Å². The van der Waals surface area contributed by atoms with Crippen LogP contribution in [-0.2, 0) is 10.0 Å². The Morgan fingerprint density at radius 3 is 2.35 bits per heavy atom. The SMILES string of the molecule is Cc1ccc([N+](=O)[O-])c(S(=O)(=O)N2CCC(C(C)N)CC2)c1C. The molecule has 128 valence electrons. The van der Waals surface area contributed by atoms with E-state index in [4.69, 9.17) is 5.73 Å². The standard InChI is InChI=1S/C15H23N3O4S/c1-10-4-5-14(18(19)20)15(11(10)2)23(21,22)17-8-6-13(7-9-17)12(3)16/h4-5,12-13H,6-9,16H2,1-3H3. The molecule has 0 saturated carbocycles. The van der Waals surface area contributed by atoms with Crippen LogP contribution in [0.25, 0.3) is 0 Å². The summed E-state index contributed by atoms with van der Waals surface area (Å²) in [5.41, 5.74) is 6.68. The van der Waals surface area contributed by atoms with Crippen LogP contribution in [0.5, 0.6) is 0 Å². The highest BCUT2D eigenvalue weighted by atomic mass is 32.2. The zero-order valence-corrected chi connectivity index (χ0v) is 14.5. The van der Waals surface area contributed by atoms with Crippen LogP contribution in [0.3, 0.4) is 0 Å². The van der Waals surface area contributed by atoms with E-state index < -0.39 is 14.9 Å². The molecular formula is C15H23N3O4S. The zero-order chi connectivity index (χ0) is 17.4. The first-order valence-corrected chi connectivity index (χ1v) is 9.10. The van der Waals surface area contributed by atoms with Gasteiger partial charge >= 0.3 is 0 Å². The highest BCUT2D eigenvalue weighted by Crippen LogP contribution is 2.33. The number of nitrogens with two attached hydrogens (primary N) is 1. The Balaban J connectivity index is 2.42. The maximum atomic E-state index is 13.0.